The first-order chi connectivity index (χ1) is 12.1. The molecule has 3 aromatic rings. The number of H-pyrrole nitrogens is 1. The summed E-state index contributed by atoms with van der Waals surface area (Å²) in [5, 5.41) is 7.67. The molecule has 128 valence electrons. The molecule has 0 saturated heterocycles. The van der Waals surface area contributed by atoms with Gasteiger partial charge in [0, 0.05) is 23.7 Å². The van der Waals surface area contributed by atoms with Crippen molar-refractivity contribution in [2.45, 2.75) is 39.2 Å². The summed E-state index contributed by atoms with van der Waals surface area (Å²) in [4.78, 5) is 20.0. The minimum absolute atomic E-state index is 0.144. The minimum Gasteiger partial charge on any atom is -0.347 e. The highest BCUT2D eigenvalue weighted by atomic mass is 16.2. The Morgan fingerprint density at radius 1 is 1.32 bits per heavy atom. The summed E-state index contributed by atoms with van der Waals surface area (Å²) < 4.78 is 1.95. The molecule has 1 aliphatic carbocycles. The van der Waals surface area contributed by atoms with Crippen molar-refractivity contribution in [1.29, 1.82) is 0 Å². The molecule has 1 aromatic carbocycles. The first kappa shape index (κ1) is 15.6. The normalized spacial score (nSPS) is 14.3. The smallest absolute Gasteiger partial charge is 0.272 e. The van der Waals surface area contributed by atoms with Crippen molar-refractivity contribution in [2.24, 2.45) is 0 Å². The van der Waals surface area contributed by atoms with Crippen LogP contribution in [0.5, 0.6) is 0 Å². The van der Waals surface area contributed by atoms with Gasteiger partial charge in [0.1, 0.15) is 5.82 Å². The highest BCUT2D eigenvalue weighted by Gasteiger charge is 2.28. The monoisotopic (exact) mass is 335 g/mol. The van der Waals surface area contributed by atoms with Gasteiger partial charge >= 0.3 is 0 Å². The maximum atomic E-state index is 12.8. The predicted octanol–water partition coefficient (Wildman–Crippen LogP) is 2.88. The van der Waals surface area contributed by atoms with Crippen LogP contribution in [0.1, 0.15) is 52.5 Å². The van der Waals surface area contributed by atoms with Crippen LogP contribution >= 0.6 is 0 Å². The standard InChI is InChI=1S/C19H21N5O/c1-12-6-3-4-8-15(12)24-16-9-5-7-14(16)17(23-24)19(25)22-13(2)18-20-10-11-21-18/h3-4,6,8,10-11,13H,5,7,9H2,1-2H3,(H,20,21)(H,22,25)/t13-/m1/s1. The number of carbonyl (C=O) groups excluding carboxylic acids is 1. The van der Waals surface area contributed by atoms with Crippen molar-refractivity contribution < 1.29 is 4.79 Å². The number of para-hydroxylation sites is 1. The molecule has 1 aliphatic rings. The van der Waals surface area contributed by atoms with Crippen LogP contribution in [-0.2, 0) is 12.8 Å². The summed E-state index contributed by atoms with van der Waals surface area (Å²) in [7, 11) is 0. The summed E-state index contributed by atoms with van der Waals surface area (Å²) >= 11 is 0. The highest BCUT2D eigenvalue weighted by molar-refractivity contribution is 5.94. The maximum absolute atomic E-state index is 12.8. The Labute approximate surface area is 146 Å². The van der Waals surface area contributed by atoms with E-state index < -0.39 is 0 Å². The Bertz CT molecular complexity index is 910. The third-order valence-corrected chi connectivity index (χ3v) is 4.77. The van der Waals surface area contributed by atoms with E-state index in [-0.39, 0.29) is 11.9 Å². The molecule has 6 nitrogen and oxygen atoms in total. The molecule has 6 heteroatoms. The molecule has 2 aromatic heterocycles. The number of rotatable bonds is 4. The van der Waals surface area contributed by atoms with Gasteiger partial charge in [0.25, 0.3) is 5.91 Å². The average molecular weight is 335 g/mol. The lowest BCUT2D eigenvalue weighted by atomic mass is 10.1. The molecule has 0 saturated carbocycles. The Kier molecular flexibility index (Phi) is 3.87. The van der Waals surface area contributed by atoms with Gasteiger partial charge in [-0.25, -0.2) is 9.67 Å². The predicted molar refractivity (Wildman–Crippen MR) is 94.8 cm³/mol. The molecule has 2 heterocycles. The van der Waals surface area contributed by atoms with Crippen LogP contribution < -0.4 is 5.32 Å². The number of nitrogens with zero attached hydrogens (tertiary/aromatic N) is 3. The highest BCUT2D eigenvalue weighted by Crippen LogP contribution is 2.29. The molecule has 1 amide bonds. The number of carbonyl (C=O) groups is 1. The zero-order valence-electron chi connectivity index (χ0n) is 14.4. The van der Waals surface area contributed by atoms with Gasteiger partial charge in [-0.1, -0.05) is 18.2 Å². The third-order valence-electron chi connectivity index (χ3n) is 4.77. The molecule has 0 aliphatic heterocycles. The molecule has 4 rings (SSSR count). The van der Waals surface area contributed by atoms with Crippen molar-refractivity contribution in [1.82, 2.24) is 25.1 Å². The quantitative estimate of drug-likeness (QED) is 0.770. The van der Waals surface area contributed by atoms with Crippen molar-refractivity contribution in [3.8, 4) is 5.69 Å². The largest absolute Gasteiger partial charge is 0.347 e. The van der Waals surface area contributed by atoms with Crippen LogP contribution in [0.4, 0.5) is 0 Å². The molecule has 0 bridgehead atoms. The topological polar surface area (TPSA) is 75.6 Å². The SMILES string of the molecule is Cc1ccccc1-n1nc(C(=O)N[C@H](C)c2ncc[nH]2)c2c1CCC2. The Hall–Kier alpha value is -2.89. The number of aryl methyl sites for hydroxylation is 1. The summed E-state index contributed by atoms with van der Waals surface area (Å²) in [6.07, 6.45) is 6.36. The third kappa shape index (κ3) is 2.73. The van der Waals surface area contributed by atoms with Crippen LogP contribution in [0.2, 0.25) is 0 Å². The number of fused-ring (bicyclic) bond motifs is 1. The van der Waals surface area contributed by atoms with Gasteiger partial charge in [-0.3, -0.25) is 4.79 Å². The summed E-state index contributed by atoms with van der Waals surface area (Å²) in [6.45, 7) is 3.98. The fraction of sp³-hybridized carbons (Fsp3) is 0.316. The van der Waals surface area contributed by atoms with Crippen molar-refractivity contribution in [3.05, 3.63) is 65.0 Å². The lowest BCUT2D eigenvalue weighted by Gasteiger charge is -2.11. The number of aromatic amines is 1. The van der Waals surface area contributed by atoms with E-state index in [9.17, 15) is 4.79 Å². The molecular formula is C19H21N5O. The molecule has 0 spiro atoms. The number of amides is 1. The summed E-state index contributed by atoms with van der Waals surface area (Å²) in [5.74, 6) is 0.595. The number of nitrogens with one attached hydrogen (secondary N) is 2. The lowest BCUT2D eigenvalue weighted by molar-refractivity contribution is 0.0932. The molecule has 0 fully saturated rings. The number of imidazole rings is 1. The van der Waals surface area contributed by atoms with E-state index in [1.165, 1.54) is 0 Å². The maximum Gasteiger partial charge on any atom is 0.272 e. The number of benzene rings is 1. The fourth-order valence-electron chi connectivity index (χ4n) is 3.47. The lowest BCUT2D eigenvalue weighted by Crippen LogP contribution is -2.28. The van der Waals surface area contributed by atoms with E-state index in [0.717, 1.165) is 47.6 Å². The molecule has 25 heavy (non-hydrogen) atoms. The van der Waals surface area contributed by atoms with E-state index in [2.05, 4.69) is 33.4 Å². The van der Waals surface area contributed by atoms with Gasteiger partial charge in [0.2, 0.25) is 0 Å². The molecule has 2 N–H and O–H groups in total. The minimum atomic E-state index is -0.192. The molecular weight excluding hydrogens is 314 g/mol. The Morgan fingerprint density at radius 2 is 2.16 bits per heavy atom. The van der Waals surface area contributed by atoms with E-state index in [0.29, 0.717) is 5.69 Å². The van der Waals surface area contributed by atoms with Gasteiger partial charge in [0.05, 0.1) is 11.7 Å². The van der Waals surface area contributed by atoms with Crippen LogP contribution in [0.25, 0.3) is 5.69 Å². The van der Waals surface area contributed by atoms with Crippen LogP contribution in [-0.4, -0.2) is 25.7 Å². The molecule has 0 unspecified atom stereocenters. The van der Waals surface area contributed by atoms with Crippen molar-refractivity contribution in [3.63, 3.8) is 0 Å². The second-order valence-electron chi connectivity index (χ2n) is 6.50. The summed E-state index contributed by atoms with van der Waals surface area (Å²) in [5.41, 5.74) is 4.96. The van der Waals surface area contributed by atoms with E-state index in [1.807, 2.05) is 29.8 Å². The van der Waals surface area contributed by atoms with E-state index >= 15 is 0 Å². The van der Waals surface area contributed by atoms with Gasteiger partial charge in [-0.2, -0.15) is 5.10 Å². The summed E-state index contributed by atoms with van der Waals surface area (Å²) in [6, 6.07) is 7.94. The number of hydrogen-bond acceptors (Lipinski definition) is 3. The Balaban J connectivity index is 1.68. The van der Waals surface area contributed by atoms with Gasteiger partial charge in [-0.05, 0) is 44.7 Å². The first-order valence-electron chi connectivity index (χ1n) is 8.62. The van der Waals surface area contributed by atoms with Gasteiger partial charge in [-0.15, -0.1) is 0 Å². The number of aromatic nitrogens is 4. The first-order valence-corrected chi connectivity index (χ1v) is 8.62. The van der Waals surface area contributed by atoms with Crippen LogP contribution in [0.15, 0.2) is 36.7 Å². The fourth-order valence-corrected chi connectivity index (χ4v) is 3.47. The zero-order valence-corrected chi connectivity index (χ0v) is 14.4. The second kappa shape index (κ2) is 6.20. The van der Waals surface area contributed by atoms with Gasteiger partial charge < -0.3 is 10.3 Å². The second-order valence-corrected chi connectivity index (χ2v) is 6.50. The molecule has 0 radical (unpaired) electrons. The molecule has 1 atom stereocenters. The Morgan fingerprint density at radius 3 is 2.92 bits per heavy atom. The van der Waals surface area contributed by atoms with Crippen LogP contribution in [0.3, 0.4) is 0 Å². The van der Waals surface area contributed by atoms with Gasteiger partial charge in [0.15, 0.2) is 5.69 Å². The zero-order chi connectivity index (χ0) is 17.4. The average Bonchev–Trinajstić information content (AvgIpc) is 3.33. The van der Waals surface area contributed by atoms with E-state index in [4.69, 9.17) is 0 Å². The van der Waals surface area contributed by atoms with Crippen molar-refractivity contribution in [2.75, 3.05) is 0 Å². The van der Waals surface area contributed by atoms with Crippen molar-refractivity contribution >= 4 is 5.91 Å². The number of hydrogen-bond donors (Lipinski definition) is 2. The van der Waals surface area contributed by atoms with Crippen LogP contribution in [0, 0.1) is 6.92 Å². The van der Waals surface area contributed by atoms with E-state index in [1.54, 1.807) is 12.4 Å².